The molecule has 46 heavy (non-hydrogen) atoms. The molecule has 0 unspecified atom stereocenters. The zero-order chi connectivity index (χ0) is 32.3. The van der Waals surface area contributed by atoms with Gasteiger partial charge in [-0.2, -0.15) is 5.26 Å². The molecule has 2 saturated heterocycles. The van der Waals surface area contributed by atoms with E-state index in [1.54, 1.807) is 48.5 Å². The first-order valence-electron chi connectivity index (χ1n) is 16.2. The van der Waals surface area contributed by atoms with Crippen LogP contribution < -0.4 is 10.2 Å². The molecule has 0 spiro atoms. The van der Waals surface area contributed by atoms with Gasteiger partial charge in [0.2, 0.25) is 9.84 Å². The second-order valence-electron chi connectivity index (χ2n) is 12.9. The van der Waals surface area contributed by atoms with Crippen LogP contribution in [0.3, 0.4) is 0 Å². The Bertz CT molecular complexity index is 1670. The number of likely N-dealkylation sites (tertiary alicyclic amines) is 1. The van der Waals surface area contributed by atoms with Crippen LogP contribution in [-0.4, -0.2) is 65.3 Å². The molecular formula is C36H41FN4O4S. The van der Waals surface area contributed by atoms with Crippen molar-refractivity contribution in [2.24, 2.45) is 17.8 Å². The normalized spacial score (nSPS) is 22.4. The van der Waals surface area contributed by atoms with Gasteiger partial charge in [0.15, 0.2) is 0 Å². The van der Waals surface area contributed by atoms with E-state index in [0.717, 1.165) is 64.1 Å². The lowest BCUT2D eigenvalue weighted by atomic mass is 9.59. The Hall–Kier alpha value is -3.94. The highest BCUT2D eigenvalue weighted by atomic mass is 32.2. The van der Waals surface area contributed by atoms with Crippen molar-refractivity contribution in [2.75, 3.05) is 44.7 Å². The predicted octanol–water partition coefficient (Wildman–Crippen LogP) is 5.79. The van der Waals surface area contributed by atoms with Crippen LogP contribution in [0.5, 0.6) is 0 Å². The molecule has 0 bridgehead atoms. The summed E-state index contributed by atoms with van der Waals surface area (Å²) in [7, 11) is -2.01. The highest BCUT2D eigenvalue weighted by Crippen LogP contribution is 2.51. The van der Waals surface area contributed by atoms with Crippen LogP contribution in [0.15, 0.2) is 88.7 Å². The van der Waals surface area contributed by atoms with Gasteiger partial charge < -0.3 is 19.9 Å². The molecule has 2 heterocycles. The fourth-order valence-corrected chi connectivity index (χ4v) is 9.21. The fraction of sp³-hybridized carbons (Fsp3) is 0.444. The quantitative estimate of drug-likeness (QED) is 0.315. The van der Waals surface area contributed by atoms with E-state index in [1.165, 1.54) is 19.2 Å². The number of nitrogens with zero attached hydrogens (tertiary/aromatic N) is 3. The minimum atomic E-state index is -3.54. The van der Waals surface area contributed by atoms with E-state index in [2.05, 4.69) is 21.2 Å². The van der Waals surface area contributed by atoms with Gasteiger partial charge >= 0.3 is 6.09 Å². The number of halogens is 1. The molecule has 10 heteroatoms. The molecule has 3 aromatic rings. The standard InChI is InChI=1S/C36H41FN4O4S/c1-39-35(42)45-34-12-6-11-33(34)36(25-38,28-7-5-8-29(37)21-28)27-17-19-40(20-18-27)22-26-23-41(24-26)30-13-15-32(16-14-30)46(43,44)31-9-3-2-4-10-31/h2-5,7-10,13-16,21,26-27,33-34H,6,11-12,17-20,22-24H2,1H3,(H,39,42)/t33-,34-,36+/m0/s1. The lowest BCUT2D eigenvalue weighted by molar-refractivity contribution is 0.0306. The number of carbonyl (C=O) groups is 1. The number of hydrogen-bond donors (Lipinski definition) is 1. The summed E-state index contributed by atoms with van der Waals surface area (Å²) in [5.74, 6) is -0.0628. The Morgan fingerprint density at radius 3 is 2.33 bits per heavy atom. The van der Waals surface area contributed by atoms with Crippen molar-refractivity contribution in [3.8, 4) is 6.07 Å². The predicted molar refractivity (Wildman–Crippen MR) is 174 cm³/mol. The Kier molecular flexibility index (Phi) is 9.34. The Labute approximate surface area is 271 Å². The average Bonchev–Trinajstić information content (AvgIpc) is 3.52. The summed E-state index contributed by atoms with van der Waals surface area (Å²) in [6.45, 7) is 4.45. The fourth-order valence-electron chi connectivity index (χ4n) is 7.93. The first kappa shape index (κ1) is 32.0. The monoisotopic (exact) mass is 644 g/mol. The van der Waals surface area contributed by atoms with E-state index in [1.807, 2.05) is 18.2 Å². The SMILES string of the molecule is CNC(=O)O[C@H]1CCC[C@@H]1[C@@](C#N)(c1cccc(F)c1)C1CCN(CC2CN(c3ccc(S(=O)(=O)c4ccccc4)cc3)C2)CC1. The summed E-state index contributed by atoms with van der Waals surface area (Å²) in [6, 6.07) is 24.7. The van der Waals surface area contributed by atoms with Crippen molar-refractivity contribution in [3.05, 3.63) is 90.2 Å². The molecule has 3 aliphatic rings. The number of nitrogens with one attached hydrogen (secondary N) is 1. The van der Waals surface area contributed by atoms with Crippen LogP contribution >= 0.6 is 0 Å². The van der Waals surface area contributed by atoms with Gasteiger partial charge in [-0.3, -0.25) is 0 Å². The van der Waals surface area contributed by atoms with Gasteiger partial charge in [-0.1, -0.05) is 30.3 Å². The lowest BCUT2D eigenvalue weighted by Crippen LogP contribution is -2.54. The molecule has 1 aliphatic carbocycles. The minimum absolute atomic E-state index is 0.0120. The van der Waals surface area contributed by atoms with Gasteiger partial charge in [0, 0.05) is 44.2 Å². The van der Waals surface area contributed by atoms with Crippen molar-refractivity contribution in [2.45, 2.75) is 53.4 Å². The molecule has 0 aromatic heterocycles. The van der Waals surface area contributed by atoms with Crippen molar-refractivity contribution < 1.29 is 22.3 Å². The summed E-state index contributed by atoms with van der Waals surface area (Å²) < 4.78 is 46.2. The highest BCUT2D eigenvalue weighted by Gasteiger charge is 2.53. The number of alkyl carbamates (subject to hydrolysis) is 1. The maximum absolute atomic E-state index is 14.6. The van der Waals surface area contributed by atoms with Crippen LogP contribution in [0, 0.1) is 34.9 Å². The van der Waals surface area contributed by atoms with Crippen LogP contribution in [-0.2, 0) is 20.0 Å². The summed E-state index contributed by atoms with van der Waals surface area (Å²) in [5, 5.41) is 13.4. The number of ether oxygens (including phenoxy) is 1. The van der Waals surface area contributed by atoms with Gasteiger partial charge in [0.05, 0.1) is 21.3 Å². The number of amides is 1. The first-order valence-corrected chi connectivity index (χ1v) is 17.7. The van der Waals surface area contributed by atoms with Crippen molar-refractivity contribution in [1.82, 2.24) is 10.2 Å². The van der Waals surface area contributed by atoms with E-state index < -0.39 is 27.4 Å². The molecule has 0 radical (unpaired) electrons. The molecule has 1 N–H and O–H groups in total. The molecule has 3 fully saturated rings. The second kappa shape index (κ2) is 13.4. The Morgan fingerprint density at radius 2 is 1.67 bits per heavy atom. The molecule has 242 valence electrons. The first-order chi connectivity index (χ1) is 22.2. The Morgan fingerprint density at radius 1 is 0.978 bits per heavy atom. The largest absolute Gasteiger partial charge is 0.446 e. The van der Waals surface area contributed by atoms with Crippen molar-refractivity contribution in [3.63, 3.8) is 0 Å². The zero-order valence-corrected chi connectivity index (χ0v) is 27.0. The third-order valence-corrected chi connectivity index (χ3v) is 12.0. The molecule has 1 saturated carbocycles. The Balaban J connectivity index is 1.08. The van der Waals surface area contributed by atoms with Crippen LogP contribution in [0.4, 0.5) is 14.9 Å². The van der Waals surface area contributed by atoms with E-state index in [-0.39, 0.29) is 22.5 Å². The molecular weight excluding hydrogens is 603 g/mol. The number of hydrogen-bond acceptors (Lipinski definition) is 7. The third-order valence-electron chi connectivity index (χ3n) is 10.3. The van der Waals surface area contributed by atoms with Crippen molar-refractivity contribution >= 4 is 21.6 Å². The van der Waals surface area contributed by atoms with Crippen molar-refractivity contribution in [1.29, 1.82) is 5.26 Å². The molecule has 3 atom stereocenters. The molecule has 8 nitrogen and oxygen atoms in total. The van der Waals surface area contributed by atoms with E-state index in [0.29, 0.717) is 22.8 Å². The number of benzene rings is 3. The maximum Gasteiger partial charge on any atom is 0.407 e. The number of anilines is 1. The smallest absolute Gasteiger partial charge is 0.407 e. The van der Waals surface area contributed by atoms with Crippen LogP contribution in [0.25, 0.3) is 0 Å². The van der Waals surface area contributed by atoms with Gasteiger partial charge in [-0.15, -0.1) is 0 Å². The third kappa shape index (κ3) is 6.23. The topological polar surface area (TPSA) is 103 Å². The van der Waals surface area contributed by atoms with Gasteiger partial charge in [-0.25, -0.2) is 17.6 Å². The molecule has 3 aromatic carbocycles. The average molecular weight is 645 g/mol. The summed E-state index contributed by atoms with van der Waals surface area (Å²) in [6.07, 6.45) is 3.02. The summed E-state index contributed by atoms with van der Waals surface area (Å²) in [5.41, 5.74) is 0.751. The number of piperidine rings is 1. The number of nitriles is 1. The zero-order valence-electron chi connectivity index (χ0n) is 26.1. The molecule has 2 aliphatic heterocycles. The van der Waals surface area contributed by atoms with Crippen LogP contribution in [0.2, 0.25) is 0 Å². The lowest BCUT2D eigenvalue weighted by Gasteiger charge is -2.47. The number of carbonyl (C=O) groups excluding carboxylic acids is 1. The summed E-state index contributed by atoms with van der Waals surface area (Å²) in [4.78, 5) is 17.5. The van der Waals surface area contributed by atoms with Gasteiger partial charge in [-0.05, 0) is 105 Å². The molecule has 6 rings (SSSR count). The van der Waals surface area contributed by atoms with Gasteiger partial charge in [0.1, 0.15) is 11.9 Å². The maximum atomic E-state index is 14.6. The van der Waals surface area contributed by atoms with E-state index >= 15 is 0 Å². The summed E-state index contributed by atoms with van der Waals surface area (Å²) >= 11 is 0. The highest BCUT2D eigenvalue weighted by molar-refractivity contribution is 7.91. The number of rotatable bonds is 9. The number of sulfone groups is 1. The van der Waals surface area contributed by atoms with E-state index in [9.17, 15) is 22.9 Å². The van der Waals surface area contributed by atoms with Gasteiger partial charge in [0.25, 0.3) is 0 Å². The minimum Gasteiger partial charge on any atom is -0.446 e. The van der Waals surface area contributed by atoms with E-state index in [4.69, 9.17) is 4.74 Å². The van der Waals surface area contributed by atoms with Crippen LogP contribution in [0.1, 0.15) is 37.7 Å². The second-order valence-corrected chi connectivity index (χ2v) is 14.8. The molecule has 1 amide bonds.